The fraction of sp³-hybridized carbons (Fsp3) is 0.478. The van der Waals surface area contributed by atoms with Crippen molar-refractivity contribution in [3.63, 3.8) is 0 Å². The van der Waals surface area contributed by atoms with Crippen molar-refractivity contribution in [2.75, 3.05) is 6.54 Å². The summed E-state index contributed by atoms with van der Waals surface area (Å²) in [7, 11) is 0. The van der Waals surface area contributed by atoms with Gasteiger partial charge >= 0.3 is 0 Å². The Bertz CT molecular complexity index is 736. The number of thiophene rings is 1. The summed E-state index contributed by atoms with van der Waals surface area (Å²) in [6, 6.07) is 14.1. The largest absolute Gasteiger partial charge is 0.332 e. The Hall–Kier alpha value is -2.14. The average molecular weight is 401 g/mol. The molecule has 1 heterocycles. The number of carbonyl (C=O) groups is 2. The van der Waals surface area contributed by atoms with Crippen molar-refractivity contribution < 1.29 is 9.59 Å². The first-order valence-electron chi connectivity index (χ1n) is 9.95. The molecule has 4 nitrogen and oxygen atoms in total. The molecule has 0 aliphatic carbocycles. The normalized spacial score (nSPS) is 11.3. The Morgan fingerprint density at radius 1 is 0.964 bits per heavy atom. The fourth-order valence-electron chi connectivity index (χ4n) is 3.02. The van der Waals surface area contributed by atoms with Crippen LogP contribution in [0.4, 0.5) is 0 Å². The van der Waals surface area contributed by atoms with Gasteiger partial charge in [-0.1, -0.05) is 49.7 Å². The summed E-state index contributed by atoms with van der Waals surface area (Å²) in [6.07, 6.45) is 2.31. The van der Waals surface area contributed by atoms with Gasteiger partial charge in [0.05, 0.1) is 6.54 Å². The van der Waals surface area contributed by atoms with Gasteiger partial charge in [-0.25, -0.2) is 0 Å². The van der Waals surface area contributed by atoms with Gasteiger partial charge in [0.15, 0.2) is 0 Å². The summed E-state index contributed by atoms with van der Waals surface area (Å²) in [5.74, 6) is 0.0375. The molecule has 1 aromatic heterocycles. The molecule has 0 atom stereocenters. The van der Waals surface area contributed by atoms with Crippen LogP contribution in [-0.4, -0.2) is 33.7 Å². The molecule has 0 aliphatic heterocycles. The van der Waals surface area contributed by atoms with Gasteiger partial charge in [0.1, 0.15) is 6.54 Å². The Morgan fingerprint density at radius 2 is 1.68 bits per heavy atom. The summed E-state index contributed by atoms with van der Waals surface area (Å²) in [5, 5.41) is 2.02. The van der Waals surface area contributed by atoms with E-state index in [1.165, 1.54) is 0 Å². The molecule has 0 saturated heterocycles. The van der Waals surface area contributed by atoms with E-state index in [2.05, 4.69) is 6.92 Å². The maximum atomic E-state index is 13.2. The van der Waals surface area contributed by atoms with Gasteiger partial charge in [0, 0.05) is 23.4 Å². The summed E-state index contributed by atoms with van der Waals surface area (Å²) in [4.78, 5) is 30.7. The van der Waals surface area contributed by atoms with Crippen LogP contribution in [-0.2, 0) is 22.7 Å². The topological polar surface area (TPSA) is 40.6 Å². The first-order valence-corrected chi connectivity index (χ1v) is 10.8. The zero-order valence-corrected chi connectivity index (χ0v) is 18.3. The third-order valence-corrected chi connectivity index (χ3v) is 5.51. The highest BCUT2D eigenvalue weighted by Crippen LogP contribution is 2.19. The van der Waals surface area contributed by atoms with Crippen LogP contribution in [0.1, 0.15) is 57.4 Å². The van der Waals surface area contributed by atoms with E-state index in [0.717, 1.165) is 23.3 Å². The van der Waals surface area contributed by atoms with Crippen molar-refractivity contribution in [3.8, 4) is 0 Å². The van der Waals surface area contributed by atoms with Crippen LogP contribution in [0.15, 0.2) is 47.8 Å². The summed E-state index contributed by atoms with van der Waals surface area (Å²) in [5.41, 5.74) is 0.703. The van der Waals surface area contributed by atoms with Crippen molar-refractivity contribution >= 4 is 23.2 Å². The number of hydrogen-bond donors (Lipinski definition) is 0. The van der Waals surface area contributed by atoms with E-state index in [1.54, 1.807) is 16.2 Å². The lowest BCUT2D eigenvalue weighted by atomic mass is 10.0. The summed E-state index contributed by atoms with van der Waals surface area (Å²) >= 11 is 1.65. The lowest BCUT2D eigenvalue weighted by Gasteiger charge is -2.37. The Morgan fingerprint density at radius 3 is 2.25 bits per heavy atom. The van der Waals surface area contributed by atoms with Crippen LogP contribution in [0, 0.1) is 0 Å². The number of amides is 2. The van der Waals surface area contributed by atoms with Crippen LogP contribution < -0.4 is 0 Å². The monoisotopic (exact) mass is 400 g/mol. The van der Waals surface area contributed by atoms with Crippen molar-refractivity contribution in [3.05, 3.63) is 58.3 Å². The summed E-state index contributed by atoms with van der Waals surface area (Å²) in [6.45, 7) is 9.26. The second kappa shape index (κ2) is 10.4. The number of benzene rings is 1. The van der Waals surface area contributed by atoms with E-state index < -0.39 is 0 Å². The highest BCUT2D eigenvalue weighted by Gasteiger charge is 2.29. The average Bonchev–Trinajstić information content (AvgIpc) is 3.16. The molecular weight excluding hydrogens is 368 g/mol. The molecule has 0 N–H and O–H groups in total. The van der Waals surface area contributed by atoms with Gasteiger partial charge < -0.3 is 9.80 Å². The van der Waals surface area contributed by atoms with Gasteiger partial charge in [0.25, 0.3) is 0 Å². The van der Waals surface area contributed by atoms with Crippen molar-refractivity contribution in [1.29, 1.82) is 0 Å². The zero-order chi connectivity index (χ0) is 20.6. The zero-order valence-electron chi connectivity index (χ0n) is 17.5. The second-order valence-corrected chi connectivity index (χ2v) is 9.10. The van der Waals surface area contributed by atoms with Crippen LogP contribution in [0.5, 0.6) is 0 Å². The number of carbonyl (C=O) groups excluding carboxylic acids is 2. The number of nitrogens with zero attached hydrogens (tertiary/aromatic N) is 2. The predicted octanol–water partition coefficient (Wildman–Crippen LogP) is 5.09. The van der Waals surface area contributed by atoms with Gasteiger partial charge in [-0.15, -0.1) is 11.3 Å². The smallest absolute Gasteiger partial charge is 0.242 e. The van der Waals surface area contributed by atoms with Gasteiger partial charge in [0.2, 0.25) is 11.8 Å². The predicted molar refractivity (Wildman–Crippen MR) is 116 cm³/mol. The van der Waals surface area contributed by atoms with Crippen molar-refractivity contribution in [2.24, 2.45) is 0 Å². The van der Waals surface area contributed by atoms with Crippen molar-refractivity contribution in [2.45, 2.75) is 65.6 Å². The molecule has 152 valence electrons. The molecule has 0 saturated carbocycles. The molecule has 2 aromatic rings. The van der Waals surface area contributed by atoms with Crippen LogP contribution >= 0.6 is 11.3 Å². The molecule has 5 heteroatoms. The molecule has 0 radical (unpaired) electrons. The molecule has 2 amide bonds. The highest BCUT2D eigenvalue weighted by molar-refractivity contribution is 7.09. The van der Waals surface area contributed by atoms with Gasteiger partial charge in [-0.3, -0.25) is 9.59 Å². The van der Waals surface area contributed by atoms with E-state index in [-0.39, 0.29) is 23.9 Å². The fourth-order valence-corrected chi connectivity index (χ4v) is 3.74. The number of hydrogen-bond acceptors (Lipinski definition) is 3. The lowest BCUT2D eigenvalue weighted by molar-refractivity contribution is -0.145. The van der Waals surface area contributed by atoms with Crippen molar-refractivity contribution in [1.82, 2.24) is 9.80 Å². The first kappa shape index (κ1) is 22.2. The molecule has 28 heavy (non-hydrogen) atoms. The first-order chi connectivity index (χ1) is 13.3. The lowest BCUT2D eigenvalue weighted by Crippen LogP contribution is -2.50. The maximum absolute atomic E-state index is 13.2. The molecule has 0 spiro atoms. The molecule has 0 aliphatic rings. The minimum Gasteiger partial charge on any atom is -0.332 e. The van der Waals surface area contributed by atoms with E-state index in [0.29, 0.717) is 19.5 Å². The van der Waals surface area contributed by atoms with E-state index in [1.807, 2.05) is 73.5 Å². The SMILES string of the molecule is CCCCC(=O)N(CC(=O)N(Cc1ccccc1)Cc1cccs1)C(C)(C)C. The highest BCUT2D eigenvalue weighted by atomic mass is 32.1. The maximum Gasteiger partial charge on any atom is 0.242 e. The van der Waals surface area contributed by atoms with E-state index in [4.69, 9.17) is 0 Å². The molecule has 2 rings (SSSR count). The van der Waals surface area contributed by atoms with Gasteiger partial charge in [-0.05, 0) is 44.2 Å². The van der Waals surface area contributed by atoms with Gasteiger partial charge in [-0.2, -0.15) is 0 Å². The van der Waals surface area contributed by atoms with Crippen LogP contribution in [0.25, 0.3) is 0 Å². The minimum absolute atomic E-state index is 0.0166. The molecule has 0 unspecified atom stereocenters. The van der Waals surface area contributed by atoms with E-state index in [9.17, 15) is 9.59 Å². The summed E-state index contributed by atoms with van der Waals surface area (Å²) < 4.78 is 0. The number of rotatable bonds is 9. The minimum atomic E-state index is -0.387. The third kappa shape index (κ3) is 6.79. The van der Waals surface area contributed by atoms with E-state index >= 15 is 0 Å². The Balaban J connectivity index is 2.17. The number of unbranched alkanes of at least 4 members (excludes halogenated alkanes) is 1. The Kier molecular flexibility index (Phi) is 8.24. The van der Waals surface area contributed by atoms with Crippen LogP contribution in [0.3, 0.4) is 0 Å². The third-order valence-electron chi connectivity index (χ3n) is 4.64. The quantitative estimate of drug-likeness (QED) is 0.588. The van der Waals surface area contributed by atoms with Crippen LogP contribution in [0.2, 0.25) is 0 Å². The standard InChI is InChI=1S/C23H32N2O2S/c1-5-6-14-21(26)25(23(2,3)4)18-22(27)24(17-20-13-10-15-28-20)16-19-11-8-7-9-12-19/h7-13,15H,5-6,14,16-18H2,1-4H3. The molecule has 1 aromatic carbocycles. The molecular formula is C23H32N2O2S. The molecule has 0 fully saturated rings. The Labute approximate surface area is 173 Å². The second-order valence-electron chi connectivity index (χ2n) is 8.07. The molecule has 0 bridgehead atoms.